The molecule has 3 heterocycles. The lowest BCUT2D eigenvalue weighted by Crippen LogP contribution is -2.49. The summed E-state index contributed by atoms with van der Waals surface area (Å²) >= 11 is 0. The molecule has 2 saturated heterocycles. The average Bonchev–Trinajstić information content (AvgIpc) is 3.17. The van der Waals surface area contributed by atoms with Gasteiger partial charge in [0.15, 0.2) is 5.60 Å². The van der Waals surface area contributed by atoms with Gasteiger partial charge in [-0.15, -0.1) is 0 Å². The standard InChI is InChI=1S/C20H29N3O5/c1-13-16(14(2)28-21-13)17(25)22-9-6-20(7-10-22)8-11-23(12-20)18(26)19(4,5)27-15(3)24/h6-12H2,1-5H3. The van der Waals surface area contributed by atoms with Crippen LogP contribution in [0.5, 0.6) is 0 Å². The molecule has 28 heavy (non-hydrogen) atoms. The maximum atomic E-state index is 12.8. The highest BCUT2D eigenvalue weighted by Gasteiger charge is 2.46. The van der Waals surface area contributed by atoms with Crippen LogP contribution >= 0.6 is 0 Å². The number of ether oxygens (including phenoxy) is 1. The Hall–Kier alpha value is -2.38. The number of hydrogen-bond donors (Lipinski definition) is 0. The van der Waals surface area contributed by atoms with E-state index in [2.05, 4.69) is 5.16 Å². The summed E-state index contributed by atoms with van der Waals surface area (Å²) in [6, 6.07) is 0. The predicted molar refractivity (Wildman–Crippen MR) is 101 cm³/mol. The second-order valence-corrected chi connectivity index (χ2v) is 8.57. The third-order valence-corrected chi connectivity index (χ3v) is 6.00. The van der Waals surface area contributed by atoms with Gasteiger partial charge in [-0.3, -0.25) is 14.4 Å². The fraction of sp³-hybridized carbons (Fsp3) is 0.700. The number of amides is 2. The zero-order valence-corrected chi connectivity index (χ0v) is 17.3. The molecule has 0 N–H and O–H groups in total. The molecule has 1 aromatic rings. The minimum absolute atomic E-state index is 0.0253. The summed E-state index contributed by atoms with van der Waals surface area (Å²) in [7, 11) is 0. The van der Waals surface area contributed by atoms with E-state index in [0.717, 1.165) is 19.3 Å². The molecule has 1 spiro atoms. The van der Waals surface area contributed by atoms with Crippen molar-refractivity contribution in [3.8, 4) is 0 Å². The van der Waals surface area contributed by atoms with Gasteiger partial charge in [0.2, 0.25) is 0 Å². The van der Waals surface area contributed by atoms with Crippen molar-refractivity contribution in [1.29, 1.82) is 0 Å². The molecule has 0 saturated carbocycles. The molecule has 0 unspecified atom stereocenters. The molecule has 2 aliphatic heterocycles. The summed E-state index contributed by atoms with van der Waals surface area (Å²) in [6.45, 7) is 10.7. The SMILES string of the molecule is CC(=O)OC(C)(C)C(=O)N1CCC2(CCN(C(=O)c3c(C)noc3C)CC2)C1. The highest BCUT2D eigenvalue weighted by atomic mass is 16.6. The number of hydrogen-bond acceptors (Lipinski definition) is 6. The molecule has 0 radical (unpaired) electrons. The first-order chi connectivity index (χ1) is 13.0. The van der Waals surface area contributed by atoms with Gasteiger partial charge in [-0.2, -0.15) is 0 Å². The number of piperidine rings is 1. The van der Waals surface area contributed by atoms with Crippen molar-refractivity contribution in [2.45, 2.75) is 59.5 Å². The van der Waals surface area contributed by atoms with Crippen molar-refractivity contribution in [2.24, 2.45) is 5.41 Å². The van der Waals surface area contributed by atoms with Crippen LogP contribution in [-0.2, 0) is 14.3 Å². The van der Waals surface area contributed by atoms with Crippen LogP contribution in [0.2, 0.25) is 0 Å². The Bertz CT molecular complexity index is 770. The number of carbonyl (C=O) groups is 3. The van der Waals surface area contributed by atoms with Gasteiger partial charge in [-0.25, -0.2) is 0 Å². The van der Waals surface area contributed by atoms with E-state index >= 15 is 0 Å². The third kappa shape index (κ3) is 3.77. The van der Waals surface area contributed by atoms with Crippen molar-refractivity contribution < 1.29 is 23.6 Å². The second kappa shape index (κ2) is 7.22. The predicted octanol–water partition coefficient (Wildman–Crippen LogP) is 2.09. The topological polar surface area (TPSA) is 93.0 Å². The summed E-state index contributed by atoms with van der Waals surface area (Å²) in [5.74, 6) is -0.103. The molecule has 0 bridgehead atoms. The number of esters is 1. The molecule has 3 rings (SSSR count). The molecule has 2 amide bonds. The minimum Gasteiger partial charge on any atom is -0.450 e. The largest absolute Gasteiger partial charge is 0.450 e. The zero-order valence-electron chi connectivity index (χ0n) is 17.3. The number of aromatic nitrogens is 1. The van der Waals surface area contributed by atoms with Crippen molar-refractivity contribution in [2.75, 3.05) is 26.2 Å². The van der Waals surface area contributed by atoms with Crippen LogP contribution in [0.15, 0.2) is 4.52 Å². The lowest BCUT2D eigenvalue weighted by Gasteiger charge is -2.39. The van der Waals surface area contributed by atoms with Crippen molar-refractivity contribution in [1.82, 2.24) is 15.0 Å². The van der Waals surface area contributed by atoms with Crippen LogP contribution in [0.1, 0.15) is 61.8 Å². The smallest absolute Gasteiger partial charge is 0.303 e. The first-order valence-corrected chi connectivity index (χ1v) is 9.76. The fourth-order valence-electron chi connectivity index (χ4n) is 4.43. The Morgan fingerprint density at radius 1 is 1.07 bits per heavy atom. The Morgan fingerprint density at radius 2 is 1.64 bits per heavy atom. The van der Waals surface area contributed by atoms with Gasteiger partial charge in [-0.1, -0.05) is 5.16 Å². The molecular weight excluding hydrogens is 362 g/mol. The van der Waals surface area contributed by atoms with E-state index in [9.17, 15) is 14.4 Å². The normalized spacial score (nSPS) is 19.2. The van der Waals surface area contributed by atoms with E-state index in [-0.39, 0.29) is 17.2 Å². The summed E-state index contributed by atoms with van der Waals surface area (Å²) in [5.41, 5.74) is 0.0462. The summed E-state index contributed by atoms with van der Waals surface area (Å²) in [5, 5.41) is 3.87. The Labute approximate surface area is 165 Å². The van der Waals surface area contributed by atoms with Gasteiger partial charge in [0, 0.05) is 33.1 Å². The van der Waals surface area contributed by atoms with Gasteiger partial charge >= 0.3 is 5.97 Å². The number of aryl methyl sites for hydroxylation is 2. The number of likely N-dealkylation sites (tertiary alicyclic amines) is 2. The monoisotopic (exact) mass is 391 g/mol. The van der Waals surface area contributed by atoms with Gasteiger partial charge in [0.05, 0.1) is 5.69 Å². The number of rotatable bonds is 3. The van der Waals surface area contributed by atoms with Crippen LogP contribution in [-0.4, -0.2) is 64.5 Å². The van der Waals surface area contributed by atoms with Crippen molar-refractivity contribution >= 4 is 17.8 Å². The van der Waals surface area contributed by atoms with E-state index in [4.69, 9.17) is 9.26 Å². The highest BCUT2D eigenvalue weighted by molar-refractivity contribution is 5.96. The first kappa shape index (κ1) is 20.4. The Balaban J connectivity index is 1.61. The van der Waals surface area contributed by atoms with Crippen molar-refractivity contribution in [3.63, 3.8) is 0 Å². The lowest BCUT2D eigenvalue weighted by molar-refractivity contribution is -0.168. The number of nitrogens with zero attached hydrogens (tertiary/aromatic N) is 3. The molecule has 2 aliphatic rings. The van der Waals surface area contributed by atoms with Crippen LogP contribution in [0, 0.1) is 19.3 Å². The fourth-order valence-corrected chi connectivity index (χ4v) is 4.43. The molecule has 0 aliphatic carbocycles. The van der Waals surface area contributed by atoms with E-state index in [1.54, 1.807) is 32.6 Å². The van der Waals surface area contributed by atoms with E-state index < -0.39 is 11.6 Å². The second-order valence-electron chi connectivity index (χ2n) is 8.57. The van der Waals surface area contributed by atoms with Gasteiger partial charge in [-0.05, 0) is 52.4 Å². The molecule has 154 valence electrons. The molecular formula is C20H29N3O5. The number of carbonyl (C=O) groups excluding carboxylic acids is 3. The van der Waals surface area contributed by atoms with E-state index in [0.29, 0.717) is 43.2 Å². The maximum Gasteiger partial charge on any atom is 0.303 e. The Kier molecular flexibility index (Phi) is 5.25. The quantitative estimate of drug-likeness (QED) is 0.733. The molecule has 2 fully saturated rings. The third-order valence-electron chi connectivity index (χ3n) is 6.00. The van der Waals surface area contributed by atoms with Crippen LogP contribution in [0.3, 0.4) is 0 Å². The molecule has 0 aromatic carbocycles. The van der Waals surface area contributed by atoms with E-state index in [1.165, 1.54) is 6.92 Å². The Morgan fingerprint density at radius 3 is 2.14 bits per heavy atom. The van der Waals surface area contributed by atoms with Crippen molar-refractivity contribution in [3.05, 3.63) is 17.0 Å². The van der Waals surface area contributed by atoms with Crippen LogP contribution in [0.4, 0.5) is 0 Å². The first-order valence-electron chi connectivity index (χ1n) is 9.76. The minimum atomic E-state index is -1.16. The molecule has 8 nitrogen and oxygen atoms in total. The van der Waals surface area contributed by atoms with Crippen LogP contribution < -0.4 is 0 Å². The van der Waals surface area contributed by atoms with Gasteiger partial charge in [0.1, 0.15) is 11.3 Å². The molecule has 1 aromatic heterocycles. The summed E-state index contributed by atoms with van der Waals surface area (Å²) in [4.78, 5) is 40.6. The summed E-state index contributed by atoms with van der Waals surface area (Å²) in [6.07, 6.45) is 2.60. The van der Waals surface area contributed by atoms with Gasteiger partial charge < -0.3 is 19.1 Å². The molecule has 0 atom stereocenters. The van der Waals surface area contributed by atoms with Gasteiger partial charge in [0.25, 0.3) is 11.8 Å². The van der Waals surface area contributed by atoms with Crippen LogP contribution in [0.25, 0.3) is 0 Å². The lowest BCUT2D eigenvalue weighted by atomic mass is 9.77. The van der Waals surface area contributed by atoms with E-state index in [1.807, 2.05) is 4.90 Å². The maximum absolute atomic E-state index is 12.8. The molecule has 8 heteroatoms. The zero-order chi connectivity index (χ0) is 20.7. The summed E-state index contributed by atoms with van der Waals surface area (Å²) < 4.78 is 10.3. The highest BCUT2D eigenvalue weighted by Crippen LogP contribution is 2.41. The average molecular weight is 391 g/mol.